The molecule has 1 N–H and O–H groups in total. The molecule has 2 amide bonds. The number of amides is 2. The van der Waals surface area contributed by atoms with Crippen molar-refractivity contribution in [3.05, 3.63) is 51.3 Å². The first-order valence-corrected chi connectivity index (χ1v) is 13.0. The van der Waals surface area contributed by atoms with E-state index >= 15 is 0 Å². The van der Waals surface area contributed by atoms with Gasteiger partial charge in [-0.25, -0.2) is 4.79 Å². The summed E-state index contributed by atoms with van der Waals surface area (Å²) in [4.78, 5) is 33.9. The largest absolute Gasteiger partial charge is 0.472 e. The Balaban J connectivity index is 1.42. The lowest BCUT2D eigenvalue weighted by molar-refractivity contribution is -0.190. The fraction of sp³-hybridized carbons (Fsp3) is 0.478. The number of furan rings is 1. The van der Waals surface area contributed by atoms with E-state index < -0.39 is 30.5 Å². The third-order valence-corrected chi connectivity index (χ3v) is 7.88. The van der Waals surface area contributed by atoms with Crippen molar-refractivity contribution in [1.82, 2.24) is 24.6 Å². The van der Waals surface area contributed by atoms with Gasteiger partial charge in [0.25, 0.3) is 5.91 Å². The molecule has 2 unspecified atom stereocenters. The molecule has 5 heterocycles. The van der Waals surface area contributed by atoms with Crippen molar-refractivity contribution in [3.63, 3.8) is 0 Å². The number of piperidine rings is 1. The van der Waals surface area contributed by atoms with Gasteiger partial charge in [0.2, 0.25) is 5.95 Å². The maximum atomic E-state index is 14.2. The van der Waals surface area contributed by atoms with E-state index in [9.17, 15) is 22.8 Å². The fourth-order valence-electron chi connectivity index (χ4n) is 4.74. The lowest BCUT2D eigenvalue weighted by atomic mass is 9.84. The quantitative estimate of drug-likeness (QED) is 0.471. The number of hydrogen-bond donors (Lipinski definition) is 1. The molecule has 2 saturated heterocycles. The van der Waals surface area contributed by atoms with Crippen LogP contribution in [0.1, 0.15) is 46.2 Å². The highest BCUT2D eigenvalue weighted by molar-refractivity contribution is 7.16. The number of carbonyl (C=O) groups excluding carboxylic acids is 2. The zero-order valence-electron chi connectivity index (χ0n) is 19.6. The Bertz CT molecular complexity index is 1250. The normalized spacial score (nSPS) is 20.4. The van der Waals surface area contributed by atoms with Crippen molar-refractivity contribution in [2.75, 3.05) is 31.5 Å². The maximum Gasteiger partial charge on any atom is 0.394 e. The lowest BCUT2D eigenvalue weighted by Crippen LogP contribution is -2.51. The average Bonchev–Trinajstić information content (AvgIpc) is 3.68. The van der Waals surface area contributed by atoms with E-state index in [0.29, 0.717) is 17.4 Å². The van der Waals surface area contributed by atoms with Crippen LogP contribution in [0.15, 0.2) is 35.1 Å². The van der Waals surface area contributed by atoms with Crippen LogP contribution < -0.4 is 5.32 Å². The van der Waals surface area contributed by atoms with Crippen LogP contribution in [0.3, 0.4) is 0 Å². The number of nitrogens with zero attached hydrogens (tertiary/aromatic N) is 5. The van der Waals surface area contributed by atoms with Gasteiger partial charge in [-0.05, 0) is 37.5 Å². The predicted molar refractivity (Wildman–Crippen MR) is 130 cm³/mol. The number of alkyl halides is 3. The number of halogens is 4. The van der Waals surface area contributed by atoms with Gasteiger partial charge in [0.1, 0.15) is 6.26 Å². The minimum absolute atomic E-state index is 0.0159. The Morgan fingerprint density at radius 3 is 2.59 bits per heavy atom. The Labute approximate surface area is 219 Å². The van der Waals surface area contributed by atoms with Gasteiger partial charge in [0, 0.05) is 37.0 Å². The molecule has 0 spiro atoms. The first-order chi connectivity index (χ1) is 17.7. The van der Waals surface area contributed by atoms with Crippen LogP contribution in [0.2, 0.25) is 4.34 Å². The third-order valence-electron chi connectivity index (χ3n) is 6.65. The molecule has 3 aromatic rings. The van der Waals surface area contributed by atoms with E-state index in [4.69, 9.17) is 16.0 Å². The predicted octanol–water partition coefficient (Wildman–Crippen LogP) is 5.07. The molecule has 0 saturated carbocycles. The molecule has 0 radical (unpaired) electrons. The Morgan fingerprint density at radius 1 is 1.16 bits per heavy atom. The summed E-state index contributed by atoms with van der Waals surface area (Å²) in [6, 6.07) is 4.59. The topological polar surface area (TPSA) is 96.5 Å². The monoisotopic (exact) mass is 556 g/mol. The number of hydrogen-bond acceptors (Lipinski definition) is 7. The summed E-state index contributed by atoms with van der Waals surface area (Å²) < 4.78 is 49.2. The summed E-state index contributed by atoms with van der Waals surface area (Å²) in [5.74, 6) is -3.65. The van der Waals surface area contributed by atoms with Crippen LogP contribution in [0.4, 0.5) is 23.9 Å². The summed E-state index contributed by atoms with van der Waals surface area (Å²) in [6.07, 6.45) is -0.315. The molecule has 0 aromatic carbocycles. The van der Waals surface area contributed by atoms with Crippen LogP contribution >= 0.6 is 22.9 Å². The Hall–Kier alpha value is -3.06. The summed E-state index contributed by atoms with van der Waals surface area (Å²) >= 11 is 7.31. The first-order valence-electron chi connectivity index (χ1n) is 11.8. The zero-order chi connectivity index (χ0) is 26.2. The Kier molecular flexibility index (Phi) is 7.17. The van der Waals surface area contributed by atoms with Crippen molar-refractivity contribution < 1.29 is 27.2 Å². The van der Waals surface area contributed by atoms with Gasteiger partial charge in [-0.2, -0.15) is 22.8 Å². The van der Waals surface area contributed by atoms with Gasteiger partial charge < -0.3 is 19.5 Å². The molecule has 14 heteroatoms. The number of anilines is 1. The molecule has 37 heavy (non-hydrogen) atoms. The van der Waals surface area contributed by atoms with Crippen molar-refractivity contribution >= 4 is 40.8 Å². The number of nitrogens with one attached hydrogen (secondary N) is 1. The summed E-state index contributed by atoms with van der Waals surface area (Å²) in [5, 5.41) is 7.23. The Morgan fingerprint density at radius 2 is 1.95 bits per heavy atom. The van der Waals surface area contributed by atoms with Crippen LogP contribution in [0.5, 0.6) is 0 Å². The average molecular weight is 557 g/mol. The summed E-state index contributed by atoms with van der Waals surface area (Å²) in [5.41, 5.74) is 0.178. The van der Waals surface area contributed by atoms with E-state index in [0.717, 1.165) is 22.4 Å². The summed E-state index contributed by atoms with van der Waals surface area (Å²) in [7, 11) is 0. The van der Waals surface area contributed by atoms with E-state index in [-0.39, 0.29) is 42.9 Å². The number of aromatic nitrogens is 3. The number of urea groups is 1. The highest BCUT2D eigenvalue weighted by Gasteiger charge is 2.50. The van der Waals surface area contributed by atoms with Gasteiger partial charge in [0.05, 0.1) is 28.6 Å². The second-order valence-corrected chi connectivity index (χ2v) is 10.8. The van der Waals surface area contributed by atoms with Gasteiger partial charge in [-0.3, -0.25) is 4.79 Å². The van der Waals surface area contributed by atoms with Crippen molar-refractivity contribution in [2.45, 2.75) is 37.9 Å². The standard InChI is InChI=1S/C23H24ClF3N6O3S/c24-18-4-3-15(37-18)11-28-21-29-19(30-33(21)20(34)14-6-10-36-13-14)16-5-9-32(12-17(16)23(25,26)27)22(35)31-7-1-2-8-31/h3-4,6,10,13,16-17H,1-2,5,7-9,11-12H2,(H,28,29,30). The molecule has 2 atom stereocenters. The smallest absolute Gasteiger partial charge is 0.394 e. The van der Waals surface area contributed by atoms with Gasteiger partial charge in [0.15, 0.2) is 5.82 Å². The van der Waals surface area contributed by atoms with E-state index in [2.05, 4.69) is 15.4 Å². The molecule has 5 rings (SSSR count). The molecule has 2 fully saturated rings. The zero-order valence-corrected chi connectivity index (χ0v) is 21.2. The number of rotatable bonds is 5. The molecule has 2 aliphatic heterocycles. The van der Waals surface area contributed by atoms with Crippen molar-refractivity contribution in [3.8, 4) is 0 Å². The first kappa shape index (κ1) is 25.6. The van der Waals surface area contributed by atoms with Crippen LogP contribution in [0, 0.1) is 5.92 Å². The number of carbonyl (C=O) groups is 2. The minimum Gasteiger partial charge on any atom is -0.472 e. The fourth-order valence-corrected chi connectivity index (χ4v) is 5.76. The molecule has 3 aromatic heterocycles. The van der Waals surface area contributed by atoms with Gasteiger partial charge in [-0.15, -0.1) is 16.4 Å². The van der Waals surface area contributed by atoms with Crippen LogP contribution in [-0.4, -0.2) is 68.9 Å². The second-order valence-electron chi connectivity index (χ2n) is 9.05. The SMILES string of the molecule is O=C(N1CCCC1)N1CCC(c2nc(NCc3ccc(Cl)s3)n(C(=O)c3ccoc3)n2)C(C(F)(F)F)C1. The highest BCUT2D eigenvalue weighted by atomic mass is 35.5. The van der Waals surface area contributed by atoms with Gasteiger partial charge in [-0.1, -0.05) is 11.6 Å². The van der Waals surface area contributed by atoms with Crippen molar-refractivity contribution in [2.24, 2.45) is 5.92 Å². The minimum atomic E-state index is -4.59. The lowest BCUT2D eigenvalue weighted by Gasteiger charge is -2.39. The third kappa shape index (κ3) is 5.47. The van der Waals surface area contributed by atoms with E-state index in [1.165, 1.54) is 34.8 Å². The maximum absolute atomic E-state index is 14.2. The second kappa shape index (κ2) is 10.4. The summed E-state index contributed by atoms with van der Waals surface area (Å²) in [6.45, 7) is 1.03. The van der Waals surface area contributed by atoms with E-state index in [1.807, 2.05) is 0 Å². The van der Waals surface area contributed by atoms with E-state index in [1.54, 1.807) is 17.0 Å². The molecule has 0 bridgehead atoms. The van der Waals surface area contributed by atoms with Crippen molar-refractivity contribution in [1.29, 1.82) is 0 Å². The highest BCUT2D eigenvalue weighted by Crippen LogP contribution is 2.42. The van der Waals surface area contributed by atoms with Gasteiger partial charge >= 0.3 is 12.2 Å². The van der Waals surface area contributed by atoms with Crippen LogP contribution in [-0.2, 0) is 6.54 Å². The molecule has 0 aliphatic carbocycles. The van der Waals surface area contributed by atoms with Crippen LogP contribution in [0.25, 0.3) is 0 Å². The number of thiophene rings is 1. The molecular weight excluding hydrogens is 533 g/mol. The number of likely N-dealkylation sites (tertiary alicyclic amines) is 2. The molecule has 2 aliphatic rings. The molecular formula is C23H24ClF3N6O3S. The molecule has 198 valence electrons. The molecule has 9 nitrogen and oxygen atoms in total.